The average Bonchev–Trinajstić information content (AvgIpc) is 1.87. The molecule has 0 rings (SSSR count). The Balaban J connectivity index is 3.76. The van der Waals surface area contributed by atoms with Crippen LogP contribution in [0.15, 0.2) is 0 Å². The van der Waals surface area contributed by atoms with E-state index in [1.54, 1.807) is 6.92 Å². The quantitative estimate of drug-likeness (QED) is 0.601. The molecule has 1 nitrogen and oxygen atoms in total. The lowest BCUT2D eigenvalue weighted by molar-refractivity contribution is -0.126. The second-order valence-electron chi connectivity index (χ2n) is 2.28. The SMILES string of the molecule is CCC(=O)CC(F)(F)CC. The summed E-state index contributed by atoms with van der Waals surface area (Å²) in [6.45, 7) is 2.97. The van der Waals surface area contributed by atoms with Gasteiger partial charge in [0, 0.05) is 12.8 Å². The van der Waals surface area contributed by atoms with Gasteiger partial charge in [0.15, 0.2) is 0 Å². The topological polar surface area (TPSA) is 17.1 Å². The molecule has 0 aliphatic rings. The van der Waals surface area contributed by atoms with E-state index in [-0.39, 0.29) is 18.6 Å². The van der Waals surface area contributed by atoms with Crippen LogP contribution in [-0.4, -0.2) is 11.7 Å². The maximum Gasteiger partial charge on any atom is 0.254 e. The van der Waals surface area contributed by atoms with Crippen molar-refractivity contribution in [2.24, 2.45) is 0 Å². The molecule has 0 bridgehead atoms. The molecule has 0 spiro atoms. The second kappa shape index (κ2) is 3.64. The Morgan fingerprint density at radius 3 is 2.20 bits per heavy atom. The molecule has 0 aromatic rings. The van der Waals surface area contributed by atoms with Gasteiger partial charge < -0.3 is 0 Å². The molecule has 0 aromatic carbocycles. The zero-order valence-corrected chi connectivity index (χ0v) is 6.29. The summed E-state index contributed by atoms with van der Waals surface area (Å²) in [5.41, 5.74) is 0. The van der Waals surface area contributed by atoms with Gasteiger partial charge in [-0.1, -0.05) is 13.8 Å². The van der Waals surface area contributed by atoms with Crippen LogP contribution in [0.1, 0.15) is 33.1 Å². The Bertz CT molecular complexity index is 121. The molecule has 0 heterocycles. The fraction of sp³-hybridized carbons (Fsp3) is 0.857. The van der Waals surface area contributed by atoms with Gasteiger partial charge in [0.25, 0.3) is 5.92 Å². The van der Waals surface area contributed by atoms with Crippen LogP contribution >= 0.6 is 0 Å². The van der Waals surface area contributed by atoms with E-state index in [1.165, 1.54) is 6.92 Å². The molecule has 0 atom stereocenters. The van der Waals surface area contributed by atoms with Crippen molar-refractivity contribution in [2.45, 2.75) is 39.0 Å². The summed E-state index contributed by atoms with van der Waals surface area (Å²) >= 11 is 0. The number of rotatable bonds is 4. The molecule has 0 amide bonds. The number of Topliss-reactive ketones (excluding diaryl/α,β-unsaturated/α-hetero) is 1. The lowest BCUT2D eigenvalue weighted by Crippen LogP contribution is -2.19. The number of hydrogen-bond acceptors (Lipinski definition) is 1. The van der Waals surface area contributed by atoms with Crippen molar-refractivity contribution >= 4 is 5.78 Å². The minimum Gasteiger partial charge on any atom is -0.299 e. The van der Waals surface area contributed by atoms with Gasteiger partial charge in [0.1, 0.15) is 5.78 Å². The Labute approximate surface area is 59.4 Å². The van der Waals surface area contributed by atoms with Crippen LogP contribution in [0.25, 0.3) is 0 Å². The van der Waals surface area contributed by atoms with Crippen LogP contribution in [-0.2, 0) is 4.79 Å². The van der Waals surface area contributed by atoms with E-state index in [4.69, 9.17) is 0 Å². The number of alkyl halides is 2. The predicted octanol–water partition coefficient (Wildman–Crippen LogP) is 2.40. The van der Waals surface area contributed by atoms with Crippen LogP contribution in [0.4, 0.5) is 8.78 Å². The Hall–Kier alpha value is -0.470. The third-order valence-corrected chi connectivity index (χ3v) is 1.37. The van der Waals surface area contributed by atoms with E-state index in [1.807, 2.05) is 0 Å². The zero-order valence-electron chi connectivity index (χ0n) is 6.29. The monoisotopic (exact) mass is 150 g/mol. The highest BCUT2D eigenvalue weighted by molar-refractivity contribution is 5.78. The molecule has 0 aliphatic carbocycles. The summed E-state index contributed by atoms with van der Waals surface area (Å²) in [7, 11) is 0. The first-order valence-electron chi connectivity index (χ1n) is 3.41. The number of carbonyl (C=O) groups excluding carboxylic acids is 1. The lowest BCUT2D eigenvalue weighted by Gasteiger charge is -2.11. The number of hydrogen-bond donors (Lipinski definition) is 0. The molecule has 10 heavy (non-hydrogen) atoms. The van der Waals surface area contributed by atoms with Crippen LogP contribution in [0.2, 0.25) is 0 Å². The predicted molar refractivity (Wildman–Crippen MR) is 35.2 cm³/mol. The smallest absolute Gasteiger partial charge is 0.254 e. The van der Waals surface area contributed by atoms with E-state index >= 15 is 0 Å². The van der Waals surface area contributed by atoms with Crippen molar-refractivity contribution in [3.63, 3.8) is 0 Å². The van der Waals surface area contributed by atoms with Crippen molar-refractivity contribution < 1.29 is 13.6 Å². The molecule has 0 aliphatic heterocycles. The van der Waals surface area contributed by atoms with Crippen molar-refractivity contribution in [2.75, 3.05) is 0 Å². The minimum atomic E-state index is -2.78. The summed E-state index contributed by atoms with van der Waals surface area (Å²) in [5.74, 6) is -3.15. The molecule has 0 unspecified atom stereocenters. The first-order chi connectivity index (χ1) is 4.52. The maximum absolute atomic E-state index is 12.4. The highest BCUT2D eigenvalue weighted by Crippen LogP contribution is 2.22. The van der Waals surface area contributed by atoms with Crippen molar-refractivity contribution in [1.82, 2.24) is 0 Å². The van der Waals surface area contributed by atoms with Gasteiger partial charge in [-0.3, -0.25) is 4.79 Å². The molecule has 0 radical (unpaired) electrons. The molecule has 0 fully saturated rings. The van der Waals surface area contributed by atoms with E-state index in [0.717, 1.165) is 0 Å². The molecular weight excluding hydrogens is 138 g/mol. The normalized spacial score (nSPS) is 11.6. The molecule has 3 heteroatoms. The minimum absolute atomic E-state index is 0.204. The first kappa shape index (κ1) is 9.53. The van der Waals surface area contributed by atoms with Crippen LogP contribution < -0.4 is 0 Å². The Morgan fingerprint density at radius 2 is 1.90 bits per heavy atom. The molecule has 0 aromatic heterocycles. The van der Waals surface area contributed by atoms with E-state index in [9.17, 15) is 13.6 Å². The highest BCUT2D eigenvalue weighted by atomic mass is 19.3. The van der Waals surface area contributed by atoms with E-state index in [2.05, 4.69) is 0 Å². The van der Waals surface area contributed by atoms with Crippen LogP contribution in [0, 0.1) is 0 Å². The standard InChI is InChI=1S/C7H12F2O/c1-3-6(10)5-7(8,9)4-2/h3-5H2,1-2H3. The number of carbonyl (C=O) groups is 1. The van der Waals surface area contributed by atoms with E-state index < -0.39 is 12.3 Å². The van der Waals surface area contributed by atoms with Crippen LogP contribution in [0.3, 0.4) is 0 Å². The van der Waals surface area contributed by atoms with E-state index in [0.29, 0.717) is 0 Å². The average molecular weight is 150 g/mol. The van der Waals surface area contributed by atoms with Crippen LogP contribution in [0.5, 0.6) is 0 Å². The van der Waals surface area contributed by atoms with Gasteiger partial charge in [0.2, 0.25) is 0 Å². The summed E-state index contributed by atoms with van der Waals surface area (Å²) in [6, 6.07) is 0. The summed E-state index contributed by atoms with van der Waals surface area (Å²) < 4.78 is 24.7. The zero-order chi connectivity index (χ0) is 8.20. The highest BCUT2D eigenvalue weighted by Gasteiger charge is 2.28. The molecule has 0 saturated heterocycles. The third-order valence-electron chi connectivity index (χ3n) is 1.37. The Morgan fingerprint density at radius 1 is 1.40 bits per heavy atom. The fourth-order valence-corrected chi connectivity index (χ4v) is 0.538. The second-order valence-corrected chi connectivity index (χ2v) is 2.28. The summed E-state index contributed by atoms with van der Waals surface area (Å²) in [6.07, 6.45) is -0.645. The van der Waals surface area contributed by atoms with Gasteiger partial charge in [-0.15, -0.1) is 0 Å². The molecule has 0 N–H and O–H groups in total. The van der Waals surface area contributed by atoms with Crippen molar-refractivity contribution in [3.05, 3.63) is 0 Å². The first-order valence-corrected chi connectivity index (χ1v) is 3.41. The largest absolute Gasteiger partial charge is 0.299 e. The van der Waals surface area contributed by atoms with Gasteiger partial charge in [-0.05, 0) is 0 Å². The van der Waals surface area contributed by atoms with Gasteiger partial charge in [-0.25, -0.2) is 8.78 Å². The number of ketones is 1. The van der Waals surface area contributed by atoms with Crippen molar-refractivity contribution in [3.8, 4) is 0 Å². The third kappa shape index (κ3) is 3.54. The fourth-order valence-electron chi connectivity index (χ4n) is 0.538. The summed E-state index contributed by atoms with van der Waals surface area (Å²) in [5, 5.41) is 0. The van der Waals surface area contributed by atoms with Gasteiger partial charge in [-0.2, -0.15) is 0 Å². The molecule has 60 valence electrons. The maximum atomic E-state index is 12.4. The lowest BCUT2D eigenvalue weighted by atomic mass is 10.1. The van der Waals surface area contributed by atoms with Crippen molar-refractivity contribution in [1.29, 1.82) is 0 Å². The molecular formula is C7H12F2O. The van der Waals surface area contributed by atoms with Gasteiger partial charge in [0.05, 0.1) is 6.42 Å². The number of halogens is 2. The molecule has 0 saturated carbocycles. The summed E-state index contributed by atoms with van der Waals surface area (Å²) in [4.78, 5) is 10.5. The Kier molecular flexibility index (Phi) is 3.47. The van der Waals surface area contributed by atoms with Gasteiger partial charge >= 0.3 is 0 Å².